The summed E-state index contributed by atoms with van der Waals surface area (Å²) in [6, 6.07) is 0. The van der Waals surface area contributed by atoms with E-state index in [-0.39, 0.29) is 25.0 Å². The highest BCUT2D eigenvalue weighted by Gasteiger charge is 2.10. The quantitative estimate of drug-likeness (QED) is 0.424. The second-order valence-corrected chi connectivity index (χ2v) is 6.02. The average molecular weight is 295 g/mol. The molecule has 0 aromatic carbocycles. The first kappa shape index (κ1) is 17.8. The molecule has 2 N–H and O–H groups in total. The van der Waals surface area contributed by atoms with Crippen molar-refractivity contribution in [1.82, 2.24) is 4.72 Å². The van der Waals surface area contributed by atoms with Crippen molar-refractivity contribution in [2.24, 2.45) is 0 Å². The normalized spacial score (nSPS) is 11.2. The van der Waals surface area contributed by atoms with E-state index in [1.54, 1.807) is 0 Å². The van der Waals surface area contributed by atoms with Crippen LogP contribution in [0.2, 0.25) is 0 Å². The van der Waals surface area contributed by atoms with E-state index in [0.717, 1.165) is 0 Å². The second kappa shape index (κ2) is 9.74. The maximum absolute atomic E-state index is 11.5. The first-order chi connectivity index (χ1) is 8.87. The third-order valence-corrected chi connectivity index (χ3v) is 3.88. The zero-order chi connectivity index (χ0) is 14.7. The molecule has 0 saturated heterocycles. The number of rotatable bonds is 11. The van der Waals surface area contributed by atoms with Gasteiger partial charge in [0, 0.05) is 19.4 Å². The number of esters is 1. The van der Waals surface area contributed by atoms with E-state index in [1.807, 2.05) is 0 Å². The molecule has 0 bridgehead atoms. The zero-order valence-corrected chi connectivity index (χ0v) is 11.9. The number of hydrogen-bond acceptors (Lipinski definition) is 5. The van der Waals surface area contributed by atoms with Crippen LogP contribution in [0.15, 0.2) is 0 Å². The molecule has 0 atom stereocenters. The fourth-order valence-electron chi connectivity index (χ4n) is 1.39. The summed E-state index contributed by atoms with van der Waals surface area (Å²) in [5.74, 6) is -1.38. The van der Waals surface area contributed by atoms with Crippen molar-refractivity contribution in [3.8, 4) is 0 Å². The standard InChI is InChI=1S/C11H21NO6S/c1-18-11(15)7-5-9-19(16,17)12-8-4-2-3-6-10(13)14/h12H,2-9H2,1H3,(H,13,14). The lowest BCUT2D eigenvalue weighted by atomic mass is 10.2. The molecule has 0 amide bonds. The van der Waals surface area contributed by atoms with Crippen LogP contribution in [0.25, 0.3) is 0 Å². The fraction of sp³-hybridized carbons (Fsp3) is 0.818. The van der Waals surface area contributed by atoms with E-state index in [4.69, 9.17) is 5.11 Å². The number of hydrogen-bond donors (Lipinski definition) is 2. The van der Waals surface area contributed by atoms with E-state index < -0.39 is 22.0 Å². The van der Waals surface area contributed by atoms with E-state index in [2.05, 4.69) is 9.46 Å². The van der Waals surface area contributed by atoms with Crippen LogP contribution in [0, 0.1) is 0 Å². The SMILES string of the molecule is COC(=O)CCCS(=O)(=O)NCCCCCC(=O)O. The van der Waals surface area contributed by atoms with Crippen LogP contribution in [-0.2, 0) is 24.3 Å². The first-order valence-electron chi connectivity index (χ1n) is 6.13. The van der Waals surface area contributed by atoms with E-state index in [9.17, 15) is 18.0 Å². The van der Waals surface area contributed by atoms with Gasteiger partial charge in [-0.15, -0.1) is 0 Å². The molecule has 0 aliphatic carbocycles. The van der Waals surface area contributed by atoms with Gasteiger partial charge < -0.3 is 9.84 Å². The van der Waals surface area contributed by atoms with Gasteiger partial charge in [-0.05, 0) is 19.3 Å². The number of methoxy groups -OCH3 is 1. The zero-order valence-electron chi connectivity index (χ0n) is 11.1. The number of carboxylic acid groups (broad SMARTS) is 1. The van der Waals surface area contributed by atoms with Crippen LogP contribution in [0.4, 0.5) is 0 Å². The van der Waals surface area contributed by atoms with E-state index in [1.165, 1.54) is 7.11 Å². The van der Waals surface area contributed by atoms with Gasteiger partial charge in [0.2, 0.25) is 10.0 Å². The molecule has 0 aliphatic heterocycles. The molecule has 0 fully saturated rings. The summed E-state index contributed by atoms with van der Waals surface area (Å²) in [5.41, 5.74) is 0. The lowest BCUT2D eigenvalue weighted by molar-refractivity contribution is -0.140. The molecule has 8 heteroatoms. The van der Waals surface area contributed by atoms with Crippen molar-refractivity contribution in [1.29, 1.82) is 0 Å². The highest BCUT2D eigenvalue weighted by molar-refractivity contribution is 7.89. The van der Waals surface area contributed by atoms with Crippen molar-refractivity contribution in [2.75, 3.05) is 19.4 Å². The molecule has 112 valence electrons. The third kappa shape index (κ3) is 11.7. The summed E-state index contributed by atoms with van der Waals surface area (Å²) in [6.07, 6.45) is 2.21. The second-order valence-electron chi connectivity index (χ2n) is 4.10. The summed E-state index contributed by atoms with van der Waals surface area (Å²) < 4.78 is 29.8. The van der Waals surface area contributed by atoms with Crippen molar-refractivity contribution < 1.29 is 27.9 Å². The van der Waals surface area contributed by atoms with Gasteiger partial charge in [-0.2, -0.15) is 0 Å². The number of unbranched alkanes of at least 4 members (excludes halogenated alkanes) is 2. The number of nitrogens with one attached hydrogen (secondary N) is 1. The number of sulfonamides is 1. The minimum Gasteiger partial charge on any atom is -0.481 e. The number of aliphatic carboxylic acids is 1. The maximum atomic E-state index is 11.5. The van der Waals surface area contributed by atoms with Crippen LogP contribution < -0.4 is 4.72 Å². The van der Waals surface area contributed by atoms with E-state index >= 15 is 0 Å². The minimum absolute atomic E-state index is 0.0794. The first-order valence-corrected chi connectivity index (χ1v) is 7.78. The number of carboxylic acids is 1. The van der Waals surface area contributed by atoms with Gasteiger partial charge in [-0.3, -0.25) is 9.59 Å². The summed E-state index contributed by atoms with van der Waals surface area (Å²) in [7, 11) is -2.11. The molecule has 0 aromatic rings. The molecule has 0 aliphatic rings. The van der Waals surface area contributed by atoms with E-state index in [0.29, 0.717) is 25.8 Å². The summed E-state index contributed by atoms with van der Waals surface area (Å²) in [5, 5.41) is 8.41. The molecule has 0 rings (SSSR count). The molecular weight excluding hydrogens is 274 g/mol. The highest BCUT2D eigenvalue weighted by Crippen LogP contribution is 2.00. The Balaban J connectivity index is 3.62. The Bertz CT molecular complexity index is 379. The van der Waals surface area contributed by atoms with Gasteiger partial charge >= 0.3 is 11.9 Å². The Kier molecular flexibility index (Phi) is 9.15. The van der Waals surface area contributed by atoms with Gasteiger partial charge in [-0.1, -0.05) is 6.42 Å². The molecular formula is C11H21NO6S. The largest absolute Gasteiger partial charge is 0.481 e. The van der Waals surface area contributed by atoms with Crippen LogP contribution in [0.5, 0.6) is 0 Å². The van der Waals surface area contributed by atoms with Crippen molar-refractivity contribution in [3.63, 3.8) is 0 Å². The van der Waals surface area contributed by atoms with Crippen molar-refractivity contribution in [3.05, 3.63) is 0 Å². The third-order valence-electron chi connectivity index (χ3n) is 2.41. The van der Waals surface area contributed by atoms with Crippen LogP contribution in [-0.4, -0.2) is 44.9 Å². The molecule has 19 heavy (non-hydrogen) atoms. The molecule has 0 spiro atoms. The Morgan fingerprint density at radius 3 is 2.37 bits per heavy atom. The average Bonchev–Trinajstić information content (AvgIpc) is 2.32. The highest BCUT2D eigenvalue weighted by atomic mass is 32.2. The molecule has 0 aromatic heterocycles. The molecule has 0 unspecified atom stereocenters. The Morgan fingerprint density at radius 1 is 1.11 bits per heavy atom. The molecule has 0 saturated carbocycles. The topological polar surface area (TPSA) is 110 Å². The molecule has 0 radical (unpaired) electrons. The van der Waals surface area contributed by atoms with Gasteiger partial charge in [0.25, 0.3) is 0 Å². The number of carbonyl (C=O) groups is 2. The van der Waals surface area contributed by atoms with Crippen molar-refractivity contribution >= 4 is 22.0 Å². The monoisotopic (exact) mass is 295 g/mol. The van der Waals surface area contributed by atoms with Gasteiger partial charge in [-0.25, -0.2) is 13.1 Å². The molecule has 0 heterocycles. The van der Waals surface area contributed by atoms with Gasteiger partial charge in [0.1, 0.15) is 0 Å². The van der Waals surface area contributed by atoms with Gasteiger partial charge in [0.15, 0.2) is 0 Å². The number of carbonyl (C=O) groups excluding carboxylic acids is 1. The predicted molar refractivity (Wildman–Crippen MR) is 69.1 cm³/mol. The summed E-state index contributed by atoms with van der Waals surface area (Å²) in [4.78, 5) is 21.0. The fourth-order valence-corrected chi connectivity index (χ4v) is 2.51. The minimum atomic E-state index is -3.36. The maximum Gasteiger partial charge on any atom is 0.305 e. The Hall–Kier alpha value is -1.15. The van der Waals surface area contributed by atoms with Crippen LogP contribution >= 0.6 is 0 Å². The van der Waals surface area contributed by atoms with Crippen LogP contribution in [0.3, 0.4) is 0 Å². The summed E-state index contributed by atoms with van der Waals surface area (Å²) in [6.45, 7) is 0.292. The van der Waals surface area contributed by atoms with Gasteiger partial charge in [0.05, 0.1) is 12.9 Å². The lowest BCUT2D eigenvalue weighted by Crippen LogP contribution is -2.27. The lowest BCUT2D eigenvalue weighted by Gasteiger charge is -2.06. The molecule has 7 nitrogen and oxygen atoms in total. The van der Waals surface area contributed by atoms with Crippen molar-refractivity contribution in [2.45, 2.75) is 38.5 Å². The number of ether oxygens (including phenoxy) is 1. The predicted octanol–water partition coefficient (Wildman–Crippen LogP) is 0.504. The Labute approximate surface area is 113 Å². The summed E-state index contributed by atoms with van der Waals surface area (Å²) >= 11 is 0. The smallest absolute Gasteiger partial charge is 0.305 e. The van der Waals surface area contributed by atoms with Crippen LogP contribution in [0.1, 0.15) is 38.5 Å². The Morgan fingerprint density at radius 2 is 1.79 bits per heavy atom.